The third-order valence-electron chi connectivity index (χ3n) is 4.03. The van der Waals surface area contributed by atoms with Gasteiger partial charge in [-0.3, -0.25) is 14.9 Å². The van der Waals surface area contributed by atoms with Crippen molar-refractivity contribution in [3.8, 4) is 0 Å². The number of nitrogens with zero attached hydrogens (tertiary/aromatic N) is 1. The van der Waals surface area contributed by atoms with Crippen LogP contribution in [-0.2, 0) is 21.2 Å². The van der Waals surface area contributed by atoms with Crippen LogP contribution in [0.5, 0.6) is 0 Å². The summed E-state index contributed by atoms with van der Waals surface area (Å²) in [7, 11) is -4.08. The van der Waals surface area contributed by atoms with Gasteiger partial charge in [-0.25, -0.2) is 13.1 Å². The summed E-state index contributed by atoms with van der Waals surface area (Å²) in [6.07, 6.45) is 0.446. The maximum Gasteiger partial charge on any atom is 0.269 e. The molecule has 2 rings (SSSR count). The summed E-state index contributed by atoms with van der Waals surface area (Å²) in [5.41, 5.74) is 3.14. The molecule has 26 heavy (non-hydrogen) atoms. The molecule has 138 valence electrons. The van der Waals surface area contributed by atoms with E-state index in [4.69, 9.17) is 0 Å². The van der Waals surface area contributed by atoms with Gasteiger partial charge in [0, 0.05) is 18.6 Å². The van der Waals surface area contributed by atoms with Crippen molar-refractivity contribution >= 4 is 21.6 Å². The number of carbonyl (C=O) groups is 1. The fraction of sp³-hybridized carbons (Fsp3) is 0.278. The van der Waals surface area contributed by atoms with Crippen LogP contribution in [0.1, 0.15) is 28.7 Å². The molecule has 0 fully saturated rings. The topological polar surface area (TPSA) is 106 Å². The standard InChI is InChI=1S/C18H20N2O5S/c1-12-4-5-15(13(2)10-12)6-9-18(21)19-26(24,25)17-8-7-16(20(22)23)11-14(17)3/h4-5,7-8,10-11H,6,9H2,1-3H3,(H,19,21). The zero-order valence-corrected chi connectivity index (χ0v) is 15.6. The number of benzene rings is 2. The molecule has 8 heteroatoms. The lowest BCUT2D eigenvalue weighted by atomic mass is 10.0. The van der Waals surface area contributed by atoms with Gasteiger partial charge in [-0.05, 0) is 49.9 Å². The van der Waals surface area contributed by atoms with Gasteiger partial charge >= 0.3 is 0 Å². The lowest BCUT2D eigenvalue weighted by molar-refractivity contribution is -0.385. The number of nitro benzene ring substituents is 1. The molecule has 1 amide bonds. The zero-order valence-electron chi connectivity index (χ0n) is 14.8. The number of amides is 1. The first kappa shape index (κ1) is 19.6. The van der Waals surface area contributed by atoms with Gasteiger partial charge in [0.25, 0.3) is 15.7 Å². The molecule has 0 saturated carbocycles. The molecule has 0 heterocycles. The van der Waals surface area contributed by atoms with Crippen molar-refractivity contribution < 1.29 is 18.1 Å². The fourth-order valence-electron chi connectivity index (χ4n) is 2.68. The second-order valence-electron chi connectivity index (χ2n) is 6.17. The van der Waals surface area contributed by atoms with Crippen LogP contribution in [0.2, 0.25) is 0 Å². The highest BCUT2D eigenvalue weighted by molar-refractivity contribution is 7.90. The van der Waals surface area contributed by atoms with Gasteiger partial charge in [-0.1, -0.05) is 23.8 Å². The molecule has 0 aromatic heterocycles. The number of carbonyl (C=O) groups excluding carboxylic acids is 1. The highest BCUT2D eigenvalue weighted by atomic mass is 32.2. The number of sulfonamides is 1. The van der Waals surface area contributed by atoms with Crippen LogP contribution >= 0.6 is 0 Å². The molecule has 1 N–H and O–H groups in total. The first-order valence-electron chi connectivity index (χ1n) is 7.97. The van der Waals surface area contributed by atoms with Crippen molar-refractivity contribution in [2.45, 2.75) is 38.5 Å². The van der Waals surface area contributed by atoms with Gasteiger partial charge in [-0.2, -0.15) is 0 Å². The molecule has 2 aromatic carbocycles. The molecule has 0 aliphatic rings. The van der Waals surface area contributed by atoms with E-state index in [1.54, 1.807) is 0 Å². The van der Waals surface area contributed by atoms with Crippen molar-refractivity contribution in [2.75, 3.05) is 0 Å². The van der Waals surface area contributed by atoms with Gasteiger partial charge in [0.1, 0.15) is 0 Å². The number of non-ortho nitro benzene ring substituents is 1. The summed E-state index contributed by atoms with van der Waals surface area (Å²) in [6, 6.07) is 9.26. The van der Waals surface area contributed by atoms with E-state index in [0.29, 0.717) is 6.42 Å². The van der Waals surface area contributed by atoms with E-state index in [2.05, 4.69) is 0 Å². The van der Waals surface area contributed by atoms with Crippen LogP contribution in [0.3, 0.4) is 0 Å². The lowest BCUT2D eigenvalue weighted by Crippen LogP contribution is -2.31. The average molecular weight is 376 g/mol. The van der Waals surface area contributed by atoms with Crippen LogP contribution in [0.4, 0.5) is 5.69 Å². The van der Waals surface area contributed by atoms with Crippen molar-refractivity contribution in [1.29, 1.82) is 0 Å². The van der Waals surface area contributed by atoms with Crippen molar-refractivity contribution in [3.63, 3.8) is 0 Å². The summed E-state index contributed by atoms with van der Waals surface area (Å²) in [5.74, 6) is -0.622. The number of rotatable bonds is 6. The van der Waals surface area contributed by atoms with E-state index in [0.717, 1.165) is 34.9 Å². The Morgan fingerprint density at radius 3 is 2.35 bits per heavy atom. The van der Waals surface area contributed by atoms with E-state index in [9.17, 15) is 23.3 Å². The predicted molar refractivity (Wildman–Crippen MR) is 97.4 cm³/mol. The Morgan fingerprint density at radius 1 is 1.08 bits per heavy atom. The number of nitrogens with one attached hydrogen (secondary N) is 1. The monoisotopic (exact) mass is 376 g/mol. The van der Waals surface area contributed by atoms with E-state index in [1.807, 2.05) is 36.8 Å². The minimum Gasteiger partial charge on any atom is -0.274 e. The Bertz CT molecular complexity index is 968. The molecular formula is C18H20N2O5S. The van der Waals surface area contributed by atoms with Crippen molar-refractivity contribution in [2.24, 2.45) is 0 Å². The van der Waals surface area contributed by atoms with Gasteiger partial charge < -0.3 is 0 Å². The second kappa shape index (κ2) is 7.65. The molecule has 0 aliphatic heterocycles. The van der Waals surface area contributed by atoms with Crippen LogP contribution in [-0.4, -0.2) is 19.2 Å². The number of nitro groups is 1. The van der Waals surface area contributed by atoms with Crippen molar-refractivity contribution in [3.05, 3.63) is 68.8 Å². The summed E-state index contributed by atoms with van der Waals surface area (Å²) in [4.78, 5) is 22.1. The third kappa shape index (κ3) is 4.66. The zero-order chi connectivity index (χ0) is 19.5. The largest absolute Gasteiger partial charge is 0.274 e. The van der Waals surface area contributed by atoms with Gasteiger partial charge in [0.2, 0.25) is 5.91 Å². The highest BCUT2D eigenvalue weighted by Gasteiger charge is 2.21. The first-order valence-corrected chi connectivity index (χ1v) is 9.45. The predicted octanol–water partition coefficient (Wildman–Crippen LogP) is 2.96. The quantitative estimate of drug-likeness (QED) is 0.616. The van der Waals surface area contributed by atoms with E-state index < -0.39 is 20.9 Å². The molecule has 0 spiro atoms. The Labute approximate surface area is 152 Å². The van der Waals surface area contributed by atoms with E-state index in [1.165, 1.54) is 6.92 Å². The molecule has 2 aromatic rings. The van der Waals surface area contributed by atoms with Gasteiger partial charge in [0.05, 0.1) is 9.82 Å². The summed E-state index contributed by atoms with van der Waals surface area (Å²) >= 11 is 0. The Morgan fingerprint density at radius 2 is 1.77 bits per heavy atom. The molecule has 0 unspecified atom stereocenters. The summed E-state index contributed by atoms with van der Waals surface area (Å²) in [5, 5.41) is 10.7. The second-order valence-corrected chi connectivity index (χ2v) is 7.82. The molecule has 0 saturated heterocycles. The molecule has 0 aliphatic carbocycles. The normalized spacial score (nSPS) is 11.2. The first-order chi connectivity index (χ1) is 12.1. The van der Waals surface area contributed by atoms with Crippen LogP contribution < -0.4 is 4.72 Å². The smallest absolute Gasteiger partial charge is 0.269 e. The van der Waals surface area contributed by atoms with Crippen LogP contribution in [0.15, 0.2) is 41.3 Å². The van der Waals surface area contributed by atoms with Gasteiger partial charge in [0.15, 0.2) is 0 Å². The minimum absolute atomic E-state index is 0.0230. The van der Waals surface area contributed by atoms with Crippen LogP contribution in [0, 0.1) is 30.9 Å². The number of aryl methyl sites for hydroxylation is 4. The number of hydrogen-bond acceptors (Lipinski definition) is 5. The third-order valence-corrected chi connectivity index (χ3v) is 5.56. The molecule has 0 bridgehead atoms. The Balaban J connectivity index is 2.09. The molecule has 0 atom stereocenters. The molecule has 7 nitrogen and oxygen atoms in total. The Kier molecular flexibility index (Phi) is 5.76. The average Bonchev–Trinajstić information content (AvgIpc) is 2.53. The summed E-state index contributed by atoms with van der Waals surface area (Å²) in [6.45, 7) is 5.36. The maximum absolute atomic E-state index is 12.4. The lowest BCUT2D eigenvalue weighted by Gasteiger charge is -2.10. The molecular weight excluding hydrogens is 356 g/mol. The Hall–Kier alpha value is -2.74. The summed E-state index contributed by atoms with van der Waals surface area (Å²) < 4.78 is 26.8. The minimum atomic E-state index is -4.08. The maximum atomic E-state index is 12.4. The van der Waals surface area contributed by atoms with Crippen molar-refractivity contribution in [1.82, 2.24) is 4.72 Å². The number of hydrogen-bond donors (Lipinski definition) is 1. The fourth-order valence-corrected chi connectivity index (χ4v) is 3.92. The molecule has 0 radical (unpaired) electrons. The van der Waals surface area contributed by atoms with E-state index >= 15 is 0 Å². The highest BCUT2D eigenvalue weighted by Crippen LogP contribution is 2.21. The van der Waals surface area contributed by atoms with Gasteiger partial charge in [-0.15, -0.1) is 0 Å². The SMILES string of the molecule is Cc1ccc(CCC(=O)NS(=O)(=O)c2ccc([N+](=O)[O-])cc2C)c(C)c1. The van der Waals surface area contributed by atoms with E-state index in [-0.39, 0.29) is 22.6 Å². The van der Waals surface area contributed by atoms with Crippen LogP contribution in [0.25, 0.3) is 0 Å².